The van der Waals surface area contributed by atoms with Crippen LogP contribution in [0.4, 0.5) is 5.69 Å². The van der Waals surface area contributed by atoms with E-state index in [-0.39, 0.29) is 29.6 Å². The minimum atomic E-state index is -0.672. The summed E-state index contributed by atoms with van der Waals surface area (Å²) in [6.07, 6.45) is 5.12. The molecular weight excluding hydrogens is 298 g/mol. The number of nitro groups is 1. The van der Waals surface area contributed by atoms with E-state index in [9.17, 15) is 19.7 Å². The first-order chi connectivity index (χ1) is 10.9. The van der Waals surface area contributed by atoms with E-state index < -0.39 is 10.5 Å². The summed E-state index contributed by atoms with van der Waals surface area (Å²) in [6, 6.07) is 5.49. The standard InChI is InChI=1S/C17H15NO5/c1-17-8-6-13(19)10-15(17)14(7-9-23-17)16(20)11-2-4-12(5-3-11)18(21)22/h2-8,15H,9-10H2,1H3/t15-,17-/m0/s1. The molecule has 118 valence electrons. The number of ketones is 2. The molecule has 23 heavy (non-hydrogen) atoms. The first-order valence-electron chi connectivity index (χ1n) is 7.26. The summed E-state index contributed by atoms with van der Waals surface area (Å²) < 4.78 is 5.73. The Bertz CT molecular complexity index is 747. The second kappa shape index (κ2) is 5.55. The van der Waals surface area contributed by atoms with Crippen molar-refractivity contribution in [2.45, 2.75) is 18.9 Å². The molecule has 3 rings (SSSR count). The molecule has 1 aliphatic heterocycles. The molecular formula is C17H15NO5. The lowest BCUT2D eigenvalue weighted by Gasteiger charge is -2.40. The molecule has 6 nitrogen and oxygen atoms in total. The number of fused-ring (bicyclic) bond motifs is 1. The minimum Gasteiger partial charge on any atom is -0.366 e. The number of hydrogen-bond donors (Lipinski definition) is 0. The molecule has 1 heterocycles. The predicted molar refractivity (Wildman–Crippen MR) is 82.1 cm³/mol. The van der Waals surface area contributed by atoms with Gasteiger partial charge in [-0.2, -0.15) is 0 Å². The summed E-state index contributed by atoms with van der Waals surface area (Å²) in [5.74, 6) is -0.598. The van der Waals surface area contributed by atoms with Gasteiger partial charge in [-0.25, -0.2) is 0 Å². The van der Waals surface area contributed by atoms with E-state index in [0.717, 1.165) is 0 Å². The van der Waals surface area contributed by atoms with Gasteiger partial charge in [-0.3, -0.25) is 19.7 Å². The van der Waals surface area contributed by atoms with Crippen molar-refractivity contribution in [1.82, 2.24) is 0 Å². The summed E-state index contributed by atoms with van der Waals surface area (Å²) in [5.41, 5.74) is 0.163. The normalized spacial score (nSPS) is 26.4. The van der Waals surface area contributed by atoms with Crippen molar-refractivity contribution in [3.8, 4) is 0 Å². The highest BCUT2D eigenvalue weighted by molar-refractivity contribution is 6.10. The van der Waals surface area contributed by atoms with Crippen LogP contribution in [0.3, 0.4) is 0 Å². The van der Waals surface area contributed by atoms with E-state index in [1.165, 1.54) is 30.3 Å². The largest absolute Gasteiger partial charge is 0.366 e. The van der Waals surface area contributed by atoms with Crippen LogP contribution >= 0.6 is 0 Å². The molecule has 0 spiro atoms. The Labute approximate surface area is 132 Å². The Morgan fingerprint density at radius 3 is 2.70 bits per heavy atom. The van der Waals surface area contributed by atoms with Gasteiger partial charge < -0.3 is 4.74 Å². The SMILES string of the molecule is C[C@]12C=CC(=O)C[C@H]1C(C(=O)c1ccc([N+](=O)[O-])cc1)=CCO2. The van der Waals surface area contributed by atoms with E-state index in [0.29, 0.717) is 17.7 Å². The Balaban J connectivity index is 1.92. The van der Waals surface area contributed by atoms with Crippen molar-refractivity contribution in [2.24, 2.45) is 5.92 Å². The molecule has 6 heteroatoms. The third-order valence-corrected chi connectivity index (χ3v) is 4.37. The number of non-ortho nitro benzene ring substituents is 1. The van der Waals surface area contributed by atoms with Crippen molar-refractivity contribution >= 4 is 17.3 Å². The Morgan fingerprint density at radius 2 is 2.04 bits per heavy atom. The van der Waals surface area contributed by atoms with Gasteiger partial charge in [0, 0.05) is 35.6 Å². The van der Waals surface area contributed by atoms with Gasteiger partial charge in [0.1, 0.15) is 0 Å². The summed E-state index contributed by atoms with van der Waals surface area (Å²) in [4.78, 5) is 34.7. The fraction of sp³-hybridized carbons (Fsp3) is 0.294. The second-order valence-corrected chi connectivity index (χ2v) is 5.84. The molecule has 0 aromatic heterocycles. The van der Waals surface area contributed by atoms with Crippen LogP contribution in [0.15, 0.2) is 48.1 Å². The van der Waals surface area contributed by atoms with Crippen LogP contribution in [-0.2, 0) is 9.53 Å². The van der Waals surface area contributed by atoms with Crippen LogP contribution in [0, 0.1) is 16.0 Å². The number of ether oxygens (including phenoxy) is 1. The molecule has 0 amide bonds. The van der Waals surface area contributed by atoms with Gasteiger partial charge in [0.15, 0.2) is 11.6 Å². The van der Waals surface area contributed by atoms with Gasteiger partial charge in [-0.05, 0) is 31.2 Å². The number of nitro benzene ring substituents is 1. The molecule has 0 fully saturated rings. The van der Waals surface area contributed by atoms with Crippen LogP contribution in [0.2, 0.25) is 0 Å². The first kappa shape index (κ1) is 15.3. The average Bonchev–Trinajstić information content (AvgIpc) is 2.54. The van der Waals surface area contributed by atoms with Crippen molar-refractivity contribution in [1.29, 1.82) is 0 Å². The van der Waals surface area contributed by atoms with Gasteiger partial charge in [-0.1, -0.05) is 6.08 Å². The van der Waals surface area contributed by atoms with E-state index in [1.54, 1.807) is 12.2 Å². The summed E-state index contributed by atoms with van der Waals surface area (Å²) >= 11 is 0. The maximum absolute atomic E-state index is 12.8. The van der Waals surface area contributed by atoms with Gasteiger partial charge in [0.2, 0.25) is 0 Å². The van der Waals surface area contributed by atoms with Crippen LogP contribution in [0.25, 0.3) is 0 Å². The highest BCUT2D eigenvalue weighted by Crippen LogP contribution is 2.39. The van der Waals surface area contributed by atoms with E-state index in [4.69, 9.17) is 4.74 Å². The fourth-order valence-electron chi connectivity index (χ4n) is 3.02. The molecule has 2 aliphatic rings. The minimum absolute atomic E-state index is 0.0413. The fourth-order valence-corrected chi connectivity index (χ4v) is 3.02. The number of rotatable bonds is 3. The quantitative estimate of drug-likeness (QED) is 0.486. The van der Waals surface area contributed by atoms with Crippen LogP contribution < -0.4 is 0 Å². The zero-order chi connectivity index (χ0) is 16.6. The molecule has 0 radical (unpaired) electrons. The van der Waals surface area contributed by atoms with Crippen LogP contribution in [0.5, 0.6) is 0 Å². The lowest BCUT2D eigenvalue weighted by molar-refractivity contribution is -0.384. The van der Waals surface area contributed by atoms with Crippen molar-refractivity contribution in [3.63, 3.8) is 0 Å². The third-order valence-electron chi connectivity index (χ3n) is 4.37. The number of benzene rings is 1. The lowest BCUT2D eigenvalue weighted by atomic mass is 9.72. The van der Waals surface area contributed by atoms with Crippen LogP contribution in [-0.4, -0.2) is 28.7 Å². The summed E-state index contributed by atoms with van der Waals surface area (Å²) in [5, 5.41) is 10.7. The molecule has 1 aromatic carbocycles. The van der Waals surface area contributed by atoms with Crippen molar-refractivity contribution < 1.29 is 19.2 Å². The monoisotopic (exact) mass is 313 g/mol. The molecule has 0 saturated carbocycles. The van der Waals surface area contributed by atoms with E-state index in [2.05, 4.69) is 0 Å². The highest BCUT2D eigenvalue weighted by atomic mass is 16.6. The molecule has 1 aliphatic carbocycles. The van der Waals surface area contributed by atoms with Crippen molar-refractivity contribution in [3.05, 3.63) is 63.7 Å². The van der Waals surface area contributed by atoms with Crippen LogP contribution in [0.1, 0.15) is 23.7 Å². The van der Waals surface area contributed by atoms with Gasteiger partial charge >= 0.3 is 0 Å². The summed E-state index contributed by atoms with van der Waals surface area (Å²) in [7, 11) is 0. The molecule has 1 aromatic rings. The zero-order valence-electron chi connectivity index (χ0n) is 12.5. The molecule has 0 bridgehead atoms. The molecule has 0 unspecified atom stereocenters. The zero-order valence-corrected chi connectivity index (χ0v) is 12.5. The van der Waals surface area contributed by atoms with Gasteiger partial charge in [0.05, 0.1) is 17.1 Å². The number of hydrogen-bond acceptors (Lipinski definition) is 5. The summed E-state index contributed by atoms with van der Waals surface area (Å²) in [6.45, 7) is 2.15. The third kappa shape index (κ3) is 2.73. The average molecular weight is 313 g/mol. The lowest BCUT2D eigenvalue weighted by Crippen LogP contribution is -2.45. The maximum atomic E-state index is 12.8. The number of carbonyl (C=O) groups excluding carboxylic acids is 2. The smallest absolute Gasteiger partial charge is 0.269 e. The molecule has 0 saturated heterocycles. The van der Waals surface area contributed by atoms with E-state index >= 15 is 0 Å². The number of allylic oxidation sites excluding steroid dienone is 1. The number of carbonyl (C=O) groups is 2. The number of Topliss-reactive ketones (excluding diaryl/α,β-unsaturated/α-hetero) is 1. The van der Waals surface area contributed by atoms with Crippen molar-refractivity contribution in [2.75, 3.05) is 6.61 Å². The molecule has 0 N–H and O–H groups in total. The Morgan fingerprint density at radius 1 is 1.35 bits per heavy atom. The van der Waals surface area contributed by atoms with E-state index in [1.807, 2.05) is 6.92 Å². The topological polar surface area (TPSA) is 86.5 Å². The highest BCUT2D eigenvalue weighted by Gasteiger charge is 2.43. The van der Waals surface area contributed by atoms with Gasteiger partial charge in [-0.15, -0.1) is 0 Å². The Kier molecular flexibility index (Phi) is 3.69. The predicted octanol–water partition coefficient (Wildman–Crippen LogP) is 2.64. The molecule has 2 atom stereocenters. The first-order valence-corrected chi connectivity index (χ1v) is 7.26. The Hall–Kier alpha value is -2.60. The second-order valence-electron chi connectivity index (χ2n) is 5.84. The van der Waals surface area contributed by atoms with Gasteiger partial charge in [0.25, 0.3) is 5.69 Å². The number of nitrogens with zero attached hydrogens (tertiary/aromatic N) is 1. The maximum Gasteiger partial charge on any atom is 0.269 e.